The number of hydrogen-bond donors (Lipinski definition) is 2. The van der Waals surface area contributed by atoms with E-state index in [4.69, 9.17) is 9.47 Å². The monoisotopic (exact) mass is 231 g/mol. The number of nitrogens with one attached hydrogen (secondary N) is 1. The van der Waals surface area contributed by atoms with Gasteiger partial charge in [-0.1, -0.05) is 0 Å². The fourth-order valence-electron chi connectivity index (χ4n) is 1.82. The van der Waals surface area contributed by atoms with E-state index >= 15 is 0 Å². The van der Waals surface area contributed by atoms with E-state index in [1.807, 2.05) is 20.8 Å². The molecule has 1 amide bonds. The number of hydrogen-bond acceptors (Lipinski definition) is 4. The molecule has 0 heterocycles. The van der Waals surface area contributed by atoms with Crippen molar-refractivity contribution in [2.45, 2.75) is 50.9 Å². The molecule has 0 aromatic heterocycles. The predicted molar refractivity (Wildman–Crippen MR) is 59.2 cm³/mol. The summed E-state index contributed by atoms with van der Waals surface area (Å²) in [6, 6.07) is -0.0185. The average Bonchev–Trinajstić information content (AvgIpc) is 1.97. The first kappa shape index (κ1) is 13.3. The zero-order chi connectivity index (χ0) is 12.4. The summed E-state index contributed by atoms with van der Waals surface area (Å²) in [6.45, 7) is 5.75. The molecular formula is C11H21NO4. The molecule has 0 aliphatic heterocycles. The Hall–Kier alpha value is -0.810. The third-order valence-corrected chi connectivity index (χ3v) is 2.39. The van der Waals surface area contributed by atoms with E-state index in [0.29, 0.717) is 19.4 Å². The highest BCUT2D eigenvalue weighted by Gasteiger charge is 2.43. The highest BCUT2D eigenvalue weighted by Crippen LogP contribution is 2.32. The van der Waals surface area contributed by atoms with Crippen LogP contribution in [0.25, 0.3) is 0 Å². The molecule has 0 saturated heterocycles. The Kier molecular flexibility index (Phi) is 3.80. The number of rotatable bonds is 3. The minimum absolute atomic E-state index is 0.0185. The van der Waals surface area contributed by atoms with Gasteiger partial charge in [0.15, 0.2) is 0 Å². The van der Waals surface area contributed by atoms with Gasteiger partial charge in [-0.05, 0) is 33.6 Å². The molecule has 0 radical (unpaired) electrons. The topological polar surface area (TPSA) is 67.8 Å². The van der Waals surface area contributed by atoms with Crippen LogP contribution in [0.4, 0.5) is 4.79 Å². The van der Waals surface area contributed by atoms with Gasteiger partial charge in [0.25, 0.3) is 0 Å². The van der Waals surface area contributed by atoms with Crippen LogP contribution in [-0.2, 0) is 9.47 Å². The van der Waals surface area contributed by atoms with Crippen LogP contribution in [-0.4, -0.2) is 42.2 Å². The maximum absolute atomic E-state index is 11.4. The molecule has 0 unspecified atom stereocenters. The van der Waals surface area contributed by atoms with Gasteiger partial charge in [0.1, 0.15) is 5.60 Å². The number of carbonyl (C=O) groups excluding carboxylic acids is 1. The number of methoxy groups -OCH3 is 1. The van der Waals surface area contributed by atoms with Crippen LogP contribution in [0.1, 0.15) is 33.6 Å². The molecule has 94 valence electrons. The first-order valence-electron chi connectivity index (χ1n) is 5.45. The molecule has 5 nitrogen and oxygen atoms in total. The van der Waals surface area contributed by atoms with Crippen molar-refractivity contribution in [2.24, 2.45) is 0 Å². The van der Waals surface area contributed by atoms with Crippen LogP contribution in [0.2, 0.25) is 0 Å². The van der Waals surface area contributed by atoms with E-state index in [9.17, 15) is 9.90 Å². The van der Waals surface area contributed by atoms with Gasteiger partial charge in [-0.25, -0.2) is 4.79 Å². The molecule has 1 aliphatic carbocycles. The Morgan fingerprint density at radius 2 is 2.06 bits per heavy atom. The molecule has 0 atom stereocenters. The van der Waals surface area contributed by atoms with Gasteiger partial charge in [0.2, 0.25) is 0 Å². The van der Waals surface area contributed by atoms with Crippen LogP contribution in [0.15, 0.2) is 0 Å². The van der Waals surface area contributed by atoms with Gasteiger partial charge < -0.3 is 19.9 Å². The van der Waals surface area contributed by atoms with Crippen LogP contribution in [0.3, 0.4) is 0 Å². The summed E-state index contributed by atoms with van der Waals surface area (Å²) in [5.74, 6) is 0. The standard InChI is InChI=1S/C11H21NO4/c1-10(2,3)16-9(13)12-8-5-11(14,6-8)7-15-4/h8,14H,5-7H2,1-4H3,(H,12,13). The summed E-state index contributed by atoms with van der Waals surface area (Å²) in [6.07, 6.45) is 0.595. The van der Waals surface area contributed by atoms with Crippen molar-refractivity contribution in [3.8, 4) is 0 Å². The fourth-order valence-corrected chi connectivity index (χ4v) is 1.82. The van der Waals surface area contributed by atoms with Crippen LogP contribution in [0, 0.1) is 0 Å². The van der Waals surface area contributed by atoms with E-state index in [0.717, 1.165) is 0 Å². The van der Waals surface area contributed by atoms with Crippen molar-refractivity contribution in [3.63, 3.8) is 0 Å². The molecule has 16 heavy (non-hydrogen) atoms. The van der Waals surface area contributed by atoms with E-state index in [1.54, 1.807) is 7.11 Å². The smallest absolute Gasteiger partial charge is 0.407 e. The summed E-state index contributed by atoms with van der Waals surface area (Å²) >= 11 is 0. The van der Waals surface area contributed by atoms with Gasteiger partial charge in [0, 0.05) is 13.2 Å². The van der Waals surface area contributed by atoms with Crippen LogP contribution >= 0.6 is 0 Å². The van der Waals surface area contributed by atoms with Gasteiger partial charge in [-0.2, -0.15) is 0 Å². The highest BCUT2D eigenvalue weighted by molar-refractivity contribution is 5.68. The summed E-state index contributed by atoms with van der Waals surface area (Å²) in [5, 5.41) is 12.5. The largest absolute Gasteiger partial charge is 0.444 e. The third-order valence-electron chi connectivity index (χ3n) is 2.39. The molecule has 2 N–H and O–H groups in total. The lowest BCUT2D eigenvalue weighted by atomic mass is 9.76. The number of ether oxygens (including phenoxy) is 2. The van der Waals surface area contributed by atoms with Gasteiger partial charge in [0.05, 0.1) is 12.2 Å². The van der Waals surface area contributed by atoms with Crippen molar-refractivity contribution >= 4 is 6.09 Å². The first-order valence-corrected chi connectivity index (χ1v) is 5.45. The number of aliphatic hydroxyl groups is 1. The Morgan fingerprint density at radius 1 is 1.50 bits per heavy atom. The zero-order valence-corrected chi connectivity index (χ0v) is 10.4. The highest BCUT2D eigenvalue weighted by atomic mass is 16.6. The van der Waals surface area contributed by atoms with E-state index < -0.39 is 17.3 Å². The van der Waals surface area contributed by atoms with Crippen LogP contribution < -0.4 is 5.32 Å². The maximum Gasteiger partial charge on any atom is 0.407 e. The molecule has 0 aromatic rings. The second kappa shape index (κ2) is 4.59. The van der Waals surface area contributed by atoms with Crippen molar-refractivity contribution < 1.29 is 19.4 Å². The minimum Gasteiger partial charge on any atom is -0.444 e. The van der Waals surface area contributed by atoms with E-state index in [1.165, 1.54) is 0 Å². The normalized spacial score (nSPS) is 29.4. The Labute approximate surface area is 96.1 Å². The predicted octanol–water partition coefficient (Wildman–Crippen LogP) is 1.05. The fraction of sp³-hybridized carbons (Fsp3) is 0.909. The maximum atomic E-state index is 11.4. The Morgan fingerprint density at radius 3 is 2.50 bits per heavy atom. The summed E-state index contributed by atoms with van der Waals surface area (Å²) < 4.78 is 10.00. The summed E-state index contributed by atoms with van der Waals surface area (Å²) in [4.78, 5) is 11.4. The van der Waals surface area contributed by atoms with Gasteiger partial charge >= 0.3 is 6.09 Å². The molecule has 0 spiro atoms. The molecular weight excluding hydrogens is 210 g/mol. The van der Waals surface area contributed by atoms with Crippen LogP contribution in [0.5, 0.6) is 0 Å². The van der Waals surface area contributed by atoms with E-state index in [-0.39, 0.29) is 6.04 Å². The molecule has 1 rings (SSSR count). The van der Waals surface area contributed by atoms with Gasteiger partial charge in [-0.3, -0.25) is 0 Å². The Bertz CT molecular complexity index is 253. The lowest BCUT2D eigenvalue weighted by Gasteiger charge is -2.43. The molecule has 0 aromatic carbocycles. The van der Waals surface area contributed by atoms with Crippen molar-refractivity contribution in [2.75, 3.05) is 13.7 Å². The Balaban J connectivity index is 2.25. The SMILES string of the molecule is COCC1(O)CC(NC(=O)OC(C)(C)C)C1. The second-order valence-corrected chi connectivity index (χ2v) is 5.41. The molecule has 0 bridgehead atoms. The third kappa shape index (κ3) is 3.98. The van der Waals surface area contributed by atoms with Crippen molar-refractivity contribution in [1.82, 2.24) is 5.32 Å². The summed E-state index contributed by atoms with van der Waals surface area (Å²) in [7, 11) is 1.55. The number of carbonyl (C=O) groups is 1. The van der Waals surface area contributed by atoms with Crippen molar-refractivity contribution in [3.05, 3.63) is 0 Å². The van der Waals surface area contributed by atoms with E-state index in [2.05, 4.69) is 5.32 Å². The summed E-state index contributed by atoms with van der Waals surface area (Å²) in [5.41, 5.74) is -1.27. The number of amides is 1. The number of alkyl carbamates (subject to hydrolysis) is 1. The minimum atomic E-state index is -0.783. The quantitative estimate of drug-likeness (QED) is 0.762. The lowest BCUT2D eigenvalue weighted by molar-refractivity contribution is -0.101. The molecule has 1 saturated carbocycles. The van der Waals surface area contributed by atoms with Crippen molar-refractivity contribution in [1.29, 1.82) is 0 Å². The molecule has 5 heteroatoms. The molecule has 1 aliphatic rings. The molecule has 1 fully saturated rings. The lowest BCUT2D eigenvalue weighted by Crippen LogP contribution is -2.57. The first-order chi connectivity index (χ1) is 7.24. The van der Waals surface area contributed by atoms with Gasteiger partial charge in [-0.15, -0.1) is 0 Å². The average molecular weight is 231 g/mol. The zero-order valence-electron chi connectivity index (χ0n) is 10.4. The second-order valence-electron chi connectivity index (χ2n) is 5.41.